The summed E-state index contributed by atoms with van der Waals surface area (Å²) in [6.45, 7) is 4.34. The molecule has 3 nitrogen and oxygen atoms in total. The molecule has 2 aromatic heterocycles. The minimum Gasteiger partial charge on any atom is -0.308 e. The van der Waals surface area contributed by atoms with Gasteiger partial charge in [0, 0.05) is 12.2 Å². The van der Waals surface area contributed by atoms with Gasteiger partial charge >= 0.3 is 0 Å². The van der Waals surface area contributed by atoms with Gasteiger partial charge in [-0.3, -0.25) is 0 Å². The Labute approximate surface area is 130 Å². The fraction of sp³-hybridized carbons (Fsp3) is 0.647. The first-order chi connectivity index (χ1) is 10.1. The van der Waals surface area contributed by atoms with Crippen LogP contribution in [0.15, 0.2) is 18.3 Å². The molecule has 0 radical (unpaired) electrons. The maximum Gasteiger partial charge on any atom is 0.160 e. The van der Waals surface area contributed by atoms with E-state index in [2.05, 4.69) is 16.5 Å². The normalized spacial score (nSPS) is 30.9. The second kappa shape index (κ2) is 4.98. The molecule has 4 heteroatoms. The Morgan fingerprint density at radius 1 is 1.29 bits per heavy atom. The second-order valence-corrected chi connectivity index (χ2v) is 7.54. The molecule has 0 N–H and O–H groups in total. The standard InChI is InChI=1S/C17H22ClN3/c1-10(18)16-20-15-4-3-7-19-17(15)21(16)11(2)14-9-12-5-6-13(14)8-12/h3-4,7,10-14H,5-6,8-9H2,1-2H3. The Morgan fingerprint density at radius 2 is 2.14 bits per heavy atom. The lowest BCUT2D eigenvalue weighted by Crippen LogP contribution is -2.23. The fourth-order valence-electron chi connectivity index (χ4n) is 4.71. The minimum atomic E-state index is -0.0831. The number of imidazole rings is 1. The molecule has 0 aliphatic heterocycles. The Morgan fingerprint density at radius 3 is 2.81 bits per heavy atom. The van der Waals surface area contributed by atoms with Crippen LogP contribution >= 0.6 is 11.6 Å². The molecule has 21 heavy (non-hydrogen) atoms. The number of nitrogens with zero attached hydrogens (tertiary/aromatic N) is 3. The van der Waals surface area contributed by atoms with Crippen molar-refractivity contribution < 1.29 is 0 Å². The lowest BCUT2D eigenvalue weighted by atomic mass is 9.84. The third-order valence-electron chi connectivity index (χ3n) is 5.65. The minimum absolute atomic E-state index is 0.0831. The Hall–Kier alpha value is -1.09. The van der Waals surface area contributed by atoms with Crippen LogP contribution in [0.4, 0.5) is 0 Å². The van der Waals surface area contributed by atoms with Gasteiger partial charge in [0.1, 0.15) is 11.3 Å². The first kappa shape index (κ1) is 13.6. The van der Waals surface area contributed by atoms with Crippen molar-refractivity contribution >= 4 is 22.8 Å². The van der Waals surface area contributed by atoms with E-state index in [0.717, 1.165) is 34.7 Å². The first-order valence-corrected chi connectivity index (χ1v) is 8.55. The van der Waals surface area contributed by atoms with Gasteiger partial charge in [0.25, 0.3) is 0 Å². The summed E-state index contributed by atoms with van der Waals surface area (Å²) in [5.41, 5.74) is 1.96. The van der Waals surface area contributed by atoms with E-state index in [1.54, 1.807) is 0 Å². The summed E-state index contributed by atoms with van der Waals surface area (Å²) in [6, 6.07) is 4.43. The van der Waals surface area contributed by atoms with E-state index in [1.165, 1.54) is 25.7 Å². The average Bonchev–Trinajstić information content (AvgIpc) is 3.19. The molecule has 2 bridgehead atoms. The highest BCUT2D eigenvalue weighted by Crippen LogP contribution is 2.52. The summed E-state index contributed by atoms with van der Waals surface area (Å²) in [7, 11) is 0. The van der Waals surface area contributed by atoms with Crippen LogP contribution in [-0.2, 0) is 0 Å². The van der Waals surface area contributed by atoms with E-state index in [9.17, 15) is 0 Å². The van der Waals surface area contributed by atoms with E-state index in [0.29, 0.717) is 6.04 Å². The zero-order valence-corrected chi connectivity index (χ0v) is 13.4. The molecule has 2 saturated carbocycles. The van der Waals surface area contributed by atoms with Crippen LogP contribution in [0.25, 0.3) is 11.2 Å². The highest BCUT2D eigenvalue weighted by atomic mass is 35.5. The molecule has 112 valence electrons. The molecule has 0 spiro atoms. The molecule has 2 fully saturated rings. The summed E-state index contributed by atoms with van der Waals surface area (Å²) in [5, 5.41) is -0.0831. The number of pyridine rings is 1. The third-order valence-corrected chi connectivity index (χ3v) is 5.85. The number of hydrogen-bond donors (Lipinski definition) is 0. The molecule has 0 amide bonds. The number of alkyl halides is 1. The number of aromatic nitrogens is 3. The zero-order chi connectivity index (χ0) is 14.6. The van der Waals surface area contributed by atoms with E-state index < -0.39 is 0 Å². The molecule has 5 atom stereocenters. The topological polar surface area (TPSA) is 30.7 Å². The molecule has 0 saturated heterocycles. The smallest absolute Gasteiger partial charge is 0.160 e. The SMILES string of the molecule is CC(Cl)c1nc2cccnc2n1C(C)C1CC2CCC1C2. The Kier molecular flexibility index (Phi) is 3.21. The maximum atomic E-state index is 6.40. The van der Waals surface area contributed by atoms with Crippen molar-refractivity contribution in [3.63, 3.8) is 0 Å². The van der Waals surface area contributed by atoms with Crippen LogP contribution in [0, 0.1) is 17.8 Å². The van der Waals surface area contributed by atoms with Gasteiger partial charge in [0.05, 0.1) is 5.38 Å². The molecule has 2 heterocycles. The molecule has 2 aliphatic carbocycles. The highest BCUT2D eigenvalue weighted by Gasteiger charge is 2.43. The maximum absolute atomic E-state index is 6.40. The Bertz CT molecular complexity index is 663. The van der Waals surface area contributed by atoms with E-state index in [-0.39, 0.29) is 5.38 Å². The van der Waals surface area contributed by atoms with Crippen molar-refractivity contribution in [3.05, 3.63) is 24.2 Å². The molecule has 0 aromatic carbocycles. The zero-order valence-electron chi connectivity index (χ0n) is 12.7. The molecule has 2 aromatic rings. The summed E-state index contributed by atoms with van der Waals surface area (Å²) >= 11 is 6.40. The van der Waals surface area contributed by atoms with Gasteiger partial charge in [0.2, 0.25) is 0 Å². The van der Waals surface area contributed by atoms with Crippen LogP contribution in [0.1, 0.15) is 56.8 Å². The van der Waals surface area contributed by atoms with Crippen LogP contribution in [0.3, 0.4) is 0 Å². The predicted molar refractivity (Wildman–Crippen MR) is 85.4 cm³/mol. The summed E-state index contributed by atoms with van der Waals surface area (Å²) in [5.74, 6) is 3.59. The Balaban J connectivity index is 1.79. The van der Waals surface area contributed by atoms with Crippen molar-refractivity contribution in [2.45, 2.75) is 50.9 Å². The van der Waals surface area contributed by atoms with Gasteiger partial charge in [-0.05, 0) is 63.0 Å². The molecule has 4 rings (SSSR count). The van der Waals surface area contributed by atoms with Crippen LogP contribution in [0.5, 0.6) is 0 Å². The summed E-state index contributed by atoms with van der Waals surface area (Å²) in [6.07, 6.45) is 7.51. The lowest BCUT2D eigenvalue weighted by Gasteiger charge is -2.30. The molecular formula is C17H22ClN3. The number of rotatable bonds is 3. The molecule has 2 aliphatic rings. The summed E-state index contributed by atoms with van der Waals surface area (Å²) < 4.78 is 2.32. The fourth-order valence-corrected chi connectivity index (χ4v) is 4.86. The second-order valence-electron chi connectivity index (χ2n) is 6.88. The monoisotopic (exact) mass is 303 g/mol. The quantitative estimate of drug-likeness (QED) is 0.768. The van der Waals surface area contributed by atoms with Gasteiger partial charge in [-0.25, -0.2) is 9.97 Å². The highest BCUT2D eigenvalue weighted by molar-refractivity contribution is 6.20. The third kappa shape index (κ3) is 2.09. The van der Waals surface area contributed by atoms with E-state index >= 15 is 0 Å². The van der Waals surface area contributed by atoms with E-state index in [1.807, 2.05) is 25.3 Å². The van der Waals surface area contributed by atoms with Crippen molar-refractivity contribution in [1.82, 2.24) is 14.5 Å². The van der Waals surface area contributed by atoms with Gasteiger partial charge in [0.15, 0.2) is 5.65 Å². The number of halogens is 1. The van der Waals surface area contributed by atoms with Gasteiger partial charge in [-0.2, -0.15) is 0 Å². The van der Waals surface area contributed by atoms with Crippen LogP contribution in [-0.4, -0.2) is 14.5 Å². The average molecular weight is 304 g/mol. The van der Waals surface area contributed by atoms with Gasteiger partial charge in [-0.15, -0.1) is 11.6 Å². The van der Waals surface area contributed by atoms with Crippen molar-refractivity contribution in [3.8, 4) is 0 Å². The van der Waals surface area contributed by atoms with Gasteiger partial charge in [-0.1, -0.05) is 6.42 Å². The number of fused-ring (bicyclic) bond motifs is 3. The first-order valence-electron chi connectivity index (χ1n) is 8.12. The van der Waals surface area contributed by atoms with Crippen molar-refractivity contribution in [2.75, 3.05) is 0 Å². The van der Waals surface area contributed by atoms with Crippen molar-refractivity contribution in [1.29, 1.82) is 0 Å². The van der Waals surface area contributed by atoms with Crippen LogP contribution < -0.4 is 0 Å². The predicted octanol–water partition coefficient (Wildman–Crippen LogP) is 4.73. The van der Waals surface area contributed by atoms with Crippen LogP contribution in [0.2, 0.25) is 0 Å². The number of hydrogen-bond acceptors (Lipinski definition) is 2. The lowest BCUT2D eigenvalue weighted by molar-refractivity contribution is 0.242. The summed E-state index contributed by atoms with van der Waals surface area (Å²) in [4.78, 5) is 9.32. The van der Waals surface area contributed by atoms with Crippen molar-refractivity contribution in [2.24, 2.45) is 17.8 Å². The largest absolute Gasteiger partial charge is 0.308 e. The molecular weight excluding hydrogens is 282 g/mol. The molecule has 5 unspecified atom stereocenters. The van der Waals surface area contributed by atoms with Gasteiger partial charge < -0.3 is 4.57 Å². The van der Waals surface area contributed by atoms with E-state index in [4.69, 9.17) is 16.6 Å².